The lowest BCUT2D eigenvalue weighted by Gasteiger charge is -2.19. The van der Waals surface area contributed by atoms with Crippen LogP contribution < -0.4 is 5.32 Å². The van der Waals surface area contributed by atoms with Crippen molar-refractivity contribution in [2.75, 3.05) is 0 Å². The van der Waals surface area contributed by atoms with Crippen LogP contribution in [0.15, 0.2) is 28.9 Å². The number of carbonyl (C=O) groups excluding carboxylic acids is 3. The number of rotatable bonds is 2. The summed E-state index contributed by atoms with van der Waals surface area (Å²) in [5.41, 5.74) is 1.66. The summed E-state index contributed by atoms with van der Waals surface area (Å²) in [6, 6.07) is 5.22. The Kier molecular flexibility index (Phi) is 2.67. The Labute approximate surface area is 108 Å². The van der Waals surface area contributed by atoms with E-state index >= 15 is 0 Å². The number of furan rings is 1. The zero-order chi connectivity index (χ0) is 13.4. The minimum Gasteiger partial charge on any atom is -0.463 e. The molecule has 1 unspecified atom stereocenters. The van der Waals surface area contributed by atoms with Gasteiger partial charge in [0.1, 0.15) is 5.58 Å². The van der Waals surface area contributed by atoms with E-state index in [9.17, 15) is 14.4 Å². The molecule has 3 rings (SSSR count). The Bertz CT molecular complexity index is 686. The lowest BCUT2D eigenvalue weighted by Crippen LogP contribution is -2.39. The first-order valence-electron chi connectivity index (χ1n) is 5.99. The van der Waals surface area contributed by atoms with E-state index in [1.807, 2.05) is 6.07 Å². The summed E-state index contributed by atoms with van der Waals surface area (Å²) in [6.07, 6.45) is 3.00. The van der Waals surface area contributed by atoms with Crippen LogP contribution in [-0.2, 0) is 9.59 Å². The van der Waals surface area contributed by atoms with E-state index in [-0.39, 0.29) is 11.8 Å². The van der Waals surface area contributed by atoms with Gasteiger partial charge in [0.05, 0.1) is 17.7 Å². The average molecular weight is 257 g/mol. The molecule has 1 saturated heterocycles. The zero-order valence-corrected chi connectivity index (χ0v) is 10.0. The van der Waals surface area contributed by atoms with Crippen molar-refractivity contribution in [1.82, 2.24) is 5.32 Å². The molecule has 2 aromatic rings. The Balaban J connectivity index is 2.09. The number of para-hydroxylation sites is 1. The molecule has 0 spiro atoms. The van der Waals surface area contributed by atoms with E-state index in [0.29, 0.717) is 24.0 Å². The van der Waals surface area contributed by atoms with Crippen molar-refractivity contribution in [1.29, 1.82) is 0 Å². The van der Waals surface area contributed by atoms with Crippen LogP contribution in [0.3, 0.4) is 0 Å². The van der Waals surface area contributed by atoms with Crippen molar-refractivity contribution >= 4 is 29.1 Å². The second-order valence-corrected chi connectivity index (χ2v) is 4.54. The van der Waals surface area contributed by atoms with E-state index in [4.69, 9.17) is 4.42 Å². The highest BCUT2D eigenvalue weighted by atomic mass is 16.3. The third-order valence-electron chi connectivity index (χ3n) is 3.40. The second kappa shape index (κ2) is 4.35. The number of hydrogen-bond acceptors (Lipinski definition) is 4. The molecule has 19 heavy (non-hydrogen) atoms. The first-order valence-corrected chi connectivity index (χ1v) is 5.99. The fourth-order valence-corrected chi connectivity index (χ4v) is 2.45. The third kappa shape index (κ3) is 1.83. The molecule has 0 saturated carbocycles. The van der Waals surface area contributed by atoms with Crippen LogP contribution in [0.1, 0.15) is 34.7 Å². The summed E-state index contributed by atoms with van der Waals surface area (Å²) in [4.78, 5) is 33.9. The van der Waals surface area contributed by atoms with E-state index in [2.05, 4.69) is 5.32 Å². The quantitative estimate of drug-likeness (QED) is 0.657. The van der Waals surface area contributed by atoms with Gasteiger partial charge in [-0.2, -0.15) is 0 Å². The van der Waals surface area contributed by atoms with Gasteiger partial charge >= 0.3 is 0 Å². The fraction of sp³-hybridized carbons (Fsp3) is 0.214. The number of fused-ring (bicyclic) bond motifs is 1. The Hall–Kier alpha value is -2.43. The summed E-state index contributed by atoms with van der Waals surface area (Å²) < 4.78 is 5.40. The molecule has 0 aliphatic carbocycles. The standard InChI is InChI=1S/C14H11NO4/c16-6-8-2-1-3-9-11(7-19-13(8)9)10-4-5-12(17)15-14(10)18/h1-3,6-7,10H,4-5H2,(H,15,17,18). The van der Waals surface area contributed by atoms with E-state index in [1.54, 1.807) is 12.1 Å². The van der Waals surface area contributed by atoms with Crippen LogP contribution in [-0.4, -0.2) is 18.1 Å². The number of hydrogen-bond donors (Lipinski definition) is 1. The van der Waals surface area contributed by atoms with Gasteiger partial charge in [0, 0.05) is 17.4 Å². The fourth-order valence-electron chi connectivity index (χ4n) is 2.45. The molecule has 2 heterocycles. The van der Waals surface area contributed by atoms with Gasteiger partial charge in [0.25, 0.3) is 0 Å². The highest BCUT2D eigenvalue weighted by Gasteiger charge is 2.30. The molecule has 0 radical (unpaired) electrons. The first-order chi connectivity index (χ1) is 9.20. The number of carbonyl (C=O) groups is 3. The summed E-state index contributed by atoms with van der Waals surface area (Å²) in [7, 11) is 0. The molecule has 1 fully saturated rings. The van der Waals surface area contributed by atoms with E-state index in [1.165, 1.54) is 6.26 Å². The SMILES string of the molecule is O=Cc1cccc2c(C3CCC(=O)NC3=O)coc12. The van der Waals surface area contributed by atoms with Crippen LogP contribution >= 0.6 is 0 Å². The van der Waals surface area contributed by atoms with Gasteiger partial charge in [-0.1, -0.05) is 12.1 Å². The minimum absolute atomic E-state index is 0.248. The number of benzene rings is 1. The van der Waals surface area contributed by atoms with Crippen molar-refractivity contribution in [3.8, 4) is 0 Å². The molecule has 1 aromatic carbocycles. The predicted molar refractivity (Wildman–Crippen MR) is 66.7 cm³/mol. The maximum atomic E-state index is 11.9. The van der Waals surface area contributed by atoms with Crippen LogP contribution in [0.5, 0.6) is 0 Å². The van der Waals surface area contributed by atoms with Crippen molar-refractivity contribution in [2.24, 2.45) is 0 Å². The first kappa shape index (κ1) is 11.6. The highest BCUT2D eigenvalue weighted by Crippen LogP contribution is 2.33. The maximum absolute atomic E-state index is 11.9. The summed E-state index contributed by atoms with van der Waals surface area (Å²) in [6.45, 7) is 0. The lowest BCUT2D eigenvalue weighted by atomic mass is 9.90. The van der Waals surface area contributed by atoms with Crippen molar-refractivity contribution < 1.29 is 18.8 Å². The van der Waals surface area contributed by atoms with Gasteiger partial charge < -0.3 is 4.42 Å². The van der Waals surface area contributed by atoms with Gasteiger partial charge in [-0.15, -0.1) is 0 Å². The third-order valence-corrected chi connectivity index (χ3v) is 3.40. The van der Waals surface area contributed by atoms with E-state index in [0.717, 1.165) is 17.2 Å². The average Bonchev–Trinajstić information content (AvgIpc) is 2.82. The van der Waals surface area contributed by atoms with Gasteiger partial charge in [-0.05, 0) is 12.5 Å². The Morgan fingerprint density at radius 3 is 2.89 bits per heavy atom. The molecule has 1 aliphatic heterocycles. The number of piperidine rings is 1. The predicted octanol–water partition coefficient (Wildman–Crippen LogP) is 1.77. The van der Waals surface area contributed by atoms with Crippen LogP contribution in [0.25, 0.3) is 11.0 Å². The molecule has 1 atom stereocenters. The van der Waals surface area contributed by atoms with Gasteiger partial charge in [0.2, 0.25) is 11.8 Å². The van der Waals surface area contributed by atoms with Crippen LogP contribution in [0.4, 0.5) is 0 Å². The Morgan fingerprint density at radius 1 is 1.32 bits per heavy atom. The van der Waals surface area contributed by atoms with Gasteiger partial charge in [-0.25, -0.2) is 0 Å². The molecule has 1 aromatic heterocycles. The Morgan fingerprint density at radius 2 is 2.16 bits per heavy atom. The summed E-state index contributed by atoms with van der Waals surface area (Å²) >= 11 is 0. The van der Waals surface area contributed by atoms with Crippen molar-refractivity contribution in [2.45, 2.75) is 18.8 Å². The van der Waals surface area contributed by atoms with Crippen LogP contribution in [0, 0.1) is 0 Å². The number of amides is 2. The lowest BCUT2D eigenvalue weighted by molar-refractivity contribution is -0.134. The summed E-state index contributed by atoms with van der Waals surface area (Å²) in [5.74, 6) is -0.959. The van der Waals surface area contributed by atoms with Gasteiger partial charge in [0.15, 0.2) is 6.29 Å². The topological polar surface area (TPSA) is 76.4 Å². The van der Waals surface area contributed by atoms with Crippen molar-refractivity contribution in [3.05, 3.63) is 35.6 Å². The number of nitrogens with one attached hydrogen (secondary N) is 1. The molecule has 0 bridgehead atoms. The number of aldehydes is 1. The van der Waals surface area contributed by atoms with Crippen LogP contribution in [0.2, 0.25) is 0 Å². The molecule has 96 valence electrons. The molecule has 1 aliphatic rings. The number of imide groups is 1. The zero-order valence-electron chi connectivity index (χ0n) is 10.0. The van der Waals surface area contributed by atoms with Crippen molar-refractivity contribution in [3.63, 3.8) is 0 Å². The highest BCUT2D eigenvalue weighted by molar-refractivity contribution is 6.04. The molecule has 5 heteroatoms. The molecular formula is C14H11NO4. The molecule has 5 nitrogen and oxygen atoms in total. The minimum atomic E-state index is -0.402. The normalized spacial score (nSPS) is 19.5. The largest absolute Gasteiger partial charge is 0.463 e. The molecule has 1 N–H and O–H groups in total. The maximum Gasteiger partial charge on any atom is 0.234 e. The van der Waals surface area contributed by atoms with Gasteiger partial charge in [-0.3, -0.25) is 19.7 Å². The monoisotopic (exact) mass is 257 g/mol. The van der Waals surface area contributed by atoms with E-state index < -0.39 is 5.92 Å². The smallest absolute Gasteiger partial charge is 0.234 e. The molecular weight excluding hydrogens is 246 g/mol. The second-order valence-electron chi connectivity index (χ2n) is 4.54. The summed E-state index contributed by atoms with van der Waals surface area (Å²) in [5, 5.41) is 3.07. The molecule has 2 amide bonds.